The number of halogens is 1. The van der Waals surface area contributed by atoms with E-state index < -0.39 is 0 Å². The van der Waals surface area contributed by atoms with Crippen molar-refractivity contribution in [2.45, 2.75) is 37.8 Å². The first-order valence-corrected chi connectivity index (χ1v) is 8.47. The summed E-state index contributed by atoms with van der Waals surface area (Å²) in [7, 11) is 0. The number of benzene rings is 1. The molecule has 1 saturated carbocycles. The Morgan fingerprint density at radius 1 is 1.26 bits per heavy atom. The van der Waals surface area contributed by atoms with E-state index in [0.29, 0.717) is 11.1 Å². The number of hydrogen-bond donors (Lipinski definition) is 3. The smallest absolute Gasteiger partial charge is 0.180 e. The van der Waals surface area contributed by atoms with Crippen molar-refractivity contribution >= 4 is 45.5 Å². The molecule has 0 amide bonds. The van der Waals surface area contributed by atoms with Gasteiger partial charge in [-0.1, -0.05) is 11.6 Å². The van der Waals surface area contributed by atoms with Crippen molar-refractivity contribution in [1.29, 1.82) is 0 Å². The highest BCUT2D eigenvalue weighted by Crippen LogP contribution is 2.29. The molecule has 0 aliphatic heterocycles. The topological polar surface area (TPSA) is 80.2 Å². The van der Waals surface area contributed by atoms with Crippen LogP contribution in [0, 0.1) is 0 Å². The lowest BCUT2D eigenvalue weighted by atomic mass is 9.90. The molecule has 0 spiro atoms. The normalized spacial score (nSPS) is 21.1. The second kappa shape index (κ2) is 6.86. The van der Waals surface area contributed by atoms with E-state index in [2.05, 4.69) is 10.3 Å². The second-order valence-corrected chi connectivity index (χ2v) is 6.77. The van der Waals surface area contributed by atoms with Crippen LogP contribution in [0.15, 0.2) is 30.5 Å². The predicted octanol–water partition coefficient (Wildman–Crippen LogP) is 3.03. The lowest BCUT2D eigenvalue weighted by Crippen LogP contribution is -2.50. The van der Waals surface area contributed by atoms with Gasteiger partial charge in [-0.2, -0.15) is 0 Å². The summed E-state index contributed by atoms with van der Waals surface area (Å²) < 4.78 is 0. The van der Waals surface area contributed by atoms with E-state index in [1.165, 1.54) is 5.01 Å². The van der Waals surface area contributed by atoms with Gasteiger partial charge in [-0.3, -0.25) is 9.99 Å². The highest BCUT2D eigenvalue weighted by molar-refractivity contribution is 7.80. The average Bonchev–Trinajstić information content (AvgIpc) is 2.54. The molecule has 1 aromatic carbocycles. The van der Waals surface area contributed by atoms with Gasteiger partial charge >= 0.3 is 0 Å². The zero-order valence-electron chi connectivity index (χ0n) is 12.7. The summed E-state index contributed by atoms with van der Waals surface area (Å²) in [5, 5.41) is 7.19. The van der Waals surface area contributed by atoms with Crippen LogP contribution in [0.1, 0.15) is 25.7 Å². The van der Waals surface area contributed by atoms with Crippen LogP contribution < -0.4 is 16.9 Å². The van der Waals surface area contributed by atoms with Gasteiger partial charge in [0.15, 0.2) is 5.11 Å². The van der Waals surface area contributed by atoms with Crippen molar-refractivity contribution in [3.05, 3.63) is 35.5 Å². The first kappa shape index (κ1) is 16.2. The van der Waals surface area contributed by atoms with Crippen molar-refractivity contribution in [1.82, 2.24) is 9.99 Å². The van der Waals surface area contributed by atoms with Crippen LogP contribution in [0.3, 0.4) is 0 Å². The maximum absolute atomic E-state index is 6.04. The summed E-state index contributed by atoms with van der Waals surface area (Å²) in [5.74, 6) is 5.90. The number of rotatable bonds is 3. The van der Waals surface area contributed by atoms with Crippen LogP contribution in [0.4, 0.5) is 5.69 Å². The Kier molecular flexibility index (Phi) is 4.84. The number of hydrazine groups is 1. The Balaban J connectivity index is 1.69. The van der Waals surface area contributed by atoms with Crippen molar-refractivity contribution in [3.8, 4) is 0 Å². The van der Waals surface area contributed by atoms with Crippen LogP contribution in [-0.4, -0.2) is 27.2 Å². The van der Waals surface area contributed by atoms with Crippen molar-refractivity contribution in [2.24, 2.45) is 11.6 Å². The lowest BCUT2D eigenvalue weighted by molar-refractivity contribution is 0.241. The van der Waals surface area contributed by atoms with Gasteiger partial charge < -0.3 is 11.1 Å². The number of thiocarbonyl (C=S) groups is 1. The van der Waals surface area contributed by atoms with E-state index in [1.54, 1.807) is 6.20 Å². The largest absolute Gasteiger partial charge is 0.382 e. The summed E-state index contributed by atoms with van der Waals surface area (Å²) in [4.78, 5) is 4.37. The molecule has 1 aromatic heterocycles. The van der Waals surface area contributed by atoms with E-state index in [4.69, 9.17) is 35.4 Å². The van der Waals surface area contributed by atoms with Gasteiger partial charge in [0.2, 0.25) is 0 Å². The van der Waals surface area contributed by atoms with E-state index in [-0.39, 0.29) is 11.2 Å². The summed E-state index contributed by atoms with van der Waals surface area (Å²) in [6.07, 6.45) is 5.80. The van der Waals surface area contributed by atoms with Crippen LogP contribution in [0.25, 0.3) is 10.9 Å². The number of nitrogens with zero attached hydrogens (tertiary/aromatic N) is 2. The zero-order chi connectivity index (χ0) is 16.4. The predicted molar refractivity (Wildman–Crippen MR) is 99.2 cm³/mol. The summed E-state index contributed by atoms with van der Waals surface area (Å²) in [6, 6.07) is 8.43. The Labute approximate surface area is 146 Å². The molecule has 7 heteroatoms. The number of aromatic nitrogens is 1. The van der Waals surface area contributed by atoms with Gasteiger partial charge in [0.1, 0.15) is 0 Å². The maximum atomic E-state index is 6.04. The highest BCUT2D eigenvalue weighted by Gasteiger charge is 2.25. The molecule has 2 aromatic rings. The van der Waals surface area contributed by atoms with Crippen molar-refractivity contribution in [2.75, 3.05) is 5.32 Å². The van der Waals surface area contributed by atoms with Gasteiger partial charge in [0.25, 0.3) is 0 Å². The minimum absolute atomic E-state index is 0.235. The second-order valence-electron chi connectivity index (χ2n) is 5.92. The Morgan fingerprint density at radius 2 is 2.00 bits per heavy atom. The van der Waals surface area contributed by atoms with Gasteiger partial charge in [-0.25, -0.2) is 5.84 Å². The minimum Gasteiger partial charge on any atom is -0.382 e. The van der Waals surface area contributed by atoms with Crippen LogP contribution >= 0.6 is 23.8 Å². The molecule has 0 saturated heterocycles. The molecule has 1 fully saturated rings. The molecule has 5 nitrogen and oxygen atoms in total. The molecule has 1 aliphatic rings. The van der Waals surface area contributed by atoms with Crippen LogP contribution in [-0.2, 0) is 0 Å². The first-order valence-electron chi connectivity index (χ1n) is 7.69. The molecular formula is C16H20ClN5S. The molecule has 23 heavy (non-hydrogen) atoms. The Morgan fingerprint density at radius 3 is 2.70 bits per heavy atom. The fraction of sp³-hybridized carbons (Fsp3) is 0.375. The molecule has 0 unspecified atom stereocenters. The molecule has 0 atom stereocenters. The first-order chi connectivity index (χ1) is 11.0. The molecule has 1 aliphatic carbocycles. The maximum Gasteiger partial charge on any atom is 0.180 e. The number of pyridine rings is 1. The monoisotopic (exact) mass is 349 g/mol. The van der Waals surface area contributed by atoms with Gasteiger partial charge in [0.05, 0.1) is 5.52 Å². The third-order valence-electron chi connectivity index (χ3n) is 4.41. The van der Waals surface area contributed by atoms with Crippen LogP contribution in [0.2, 0.25) is 5.02 Å². The van der Waals surface area contributed by atoms with Gasteiger partial charge in [0, 0.05) is 34.4 Å². The number of anilines is 1. The zero-order valence-corrected chi connectivity index (χ0v) is 14.3. The average molecular weight is 350 g/mol. The molecule has 1 heterocycles. The Bertz CT molecular complexity index is 715. The van der Waals surface area contributed by atoms with E-state index in [0.717, 1.165) is 42.3 Å². The molecule has 0 radical (unpaired) electrons. The number of hydrogen-bond acceptors (Lipinski definition) is 4. The highest BCUT2D eigenvalue weighted by atomic mass is 35.5. The number of nitrogens with two attached hydrogens (primary N) is 2. The summed E-state index contributed by atoms with van der Waals surface area (Å²) in [5.41, 5.74) is 7.59. The van der Waals surface area contributed by atoms with Crippen molar-refractivity contribution in [3.63, 3.8) is 0 Å². The quantitative estimate of drug-likeness (QED) is 0.449. The molecule has 5 N–H and O–H groups in total. The van der Waals surface area contributed by atoms with Crippen molar-refractivity contribution < 1.29 is 0 Å². The molecule has 122 valence electrons. The van der Waals surface area contributed by atoms with Gasteiger partial charge in [-0.15, -0.1) is 0 Å². The third kappa shape index (κ3) is 3.65. The van der Waals surface area contributed by atoms with E-state index in [9.17, 15) is 0 Å². The number of nitrogens with one attached hydrogen (secondary N) is 1. The number of fused-ring (bicyclic) bond motifs is 1. The summed E-state index contributed by atoms with van der Waals surface area (Å²) in [6.45, 7) is 0. The van der Waals surface area contributed by atoms with Crippen LogP contribution in [0.5, 0.6) is 0 Å². The van der Waals surface area contributed by atoms with Gasteiger partial charge in [-0.05, 0) is 62.2 Å². The Hall–Kier alpha value is -1.63. The molecular weight excluding hydrogens is 330 g/mol. The fourth-order valence-electron chi connectivity index (χ4n) is 3.15. The SMILES string of the molecule is NC(=S)N(N)C1CCC(Nc2ccnc3cc(Cl)ccc23)CC1. The minimum atomic E-state index is 0.235. The third-order valence-corrected chi connectivity index (χ3v) is 4.85. The fourth-order valence-corrected chi connectivity index (χ4v) is 3.46. The molecule has 0 bridgehead atoms. The van der Waals surface area contributed by atoms with E-state index >= 15 is 0 Å². The standard InChI is InChI=1S/C16H20ClN5S/c17-10-1-6-13-14(7-8-20-15(13)9-10)21-11-2-4-12(5-3-11)22(19)16(18)23/h1,6-9,11-12H,2-5,19H2,(H2,18,23)(H,20,21). The summed E-state index contributed by atoms with van der Waals surface area (Å²) >= 11 is 11.0. The lowest BCUT2D eigenvalue weighted by Gasteiger charge is -2.35. The van der Waals surface area contributed by atoms with E-state index in [1.807, 2.05) is 24.3 Å². The molecule has 3 rings (SSSR count).